The molecule has 0 aliphatic rings. The van der Waals surface area contributed by atoms with E-state index in [1.54, 1.807) is 0 Å². The number of benzene rings is 1. The minimum absolute atomic E-state index is 0.0207. The third kappa shape index (κ3) is 5.18. The van der Waals surface area contributed by atoms with Crippen molar-refractivity contribution in [2.24, 2.45) is 0 Å². The molecule has 0 aromatic heterocycles. The van der Waals surface area contributed by atoms with Crippen molar-refractivity contribution < 1.29 is 9.90 Å². The molecule has 0 heterocycles. The van der Waals surface area contributed by atoms with Crippen molar-refractivity contribution in [2.45, 2.75) is 19.3 Å². The van der Waals surface area contributed by atoms with Gasteiger partial charge < -0.3 is 5.32 Å². The number of amides is 1. The molecule has 3 heteroatoms. The Hall–Kier alpha value is -1.35. The first kappa shape index (κ1) is 11.7. The molecule has 0 fully saturated rings. The average molecular weight is 206 g/mol. The maximum Gasteiger partial charge on any atom is 0.220 e. The molecule has 1 rings (SSSR count). The fourth-order valence-electron chi connectivity index (χ4n) is 1.29. The second kappa shape index (κ2) is 7.01. The molecule has 0 spiro atoms. The van der Waals surface area contributed by atoms with Crippen LogP contribution in [0.5, 0.6) is 0 Å². The van der Waals surface area contributed by atoms with Gasteiger partial charge in [0.2, 0.25) is 5.91 Å². The van der Waals surface area contributed by atoms with Crippen molar-refractivity contribution in [3.63, 3.8) is 0 Å². The monoisotopic (exact) mass is 206 g/mol. The number of carbonyl (C=O) groups excluding carboxylic acids is 1. The van der Waals surface area contributed by atoms with Gasteiger partial charge in [-0.25, -0.2) is 5.11 Å². The fourth-order valence-corrected chi connectivity index (χ4v) is 1.29. The van der Waals surface area contributed by atoms with Crippen LogP contribution in [0, 0.1) is 0 Å². The van der Waals surface area contributed by atoms with Gasteiger partial charge in [-0.1, -0.05) is 30.3 Å². The maximum absolute atomic E-state index is 11.3. The van der Waals surface area contributed by atoms with Crippen molar-refractivity contribution >= 4 is 5.91 Å². The summed E-state index contributed by atoms with van der Waals surface area (Å²) in [6.45, 7) is 0.371. The Bertz CT molecular complexity index is 285. The topological polar surface area (TPSA) is 49.0 Å². The highest BCUT2D eigenvalue weighted by atomic mass is 16.3. The Morgan fingerprint density at radius 2 is 1.93 bits per heavy atom. The van der Waals surface area contributed by atoms with Gasteiger partial charge in [0.05, 0.1) is 6.61 Å². The third-order valence-corrected chi connectivity index (χ3v) is 2.13. The van der Waals surface area contributed by atoms with Crippen LogP contribution in [0.2, 0.25) is 0 Å². The van der Waals surface area contributed by atoms with Crippen LogP contribution in [0.3, 0.4) is 0 Å². The van der Waals surface area contributed by atoms with Gasteiger partial charge in [0.25, 0.3) is 0 Å². The van der Waals surface area contributed by atoms with Crippen molar-refractivity contribution in [1.82, 2.24) is 5.32 Å². The summed E-state index contributed by atoms with van der Waals surface area (Å²) >= 11 is 0. The van der Waals surface area contributed by atoms with E-state index in [1.165, 1.54) is 0 Å². The molecule has 1 aromatic rings. The van der Waals surface area contributed by atoms with Crippen LogP contribution in [0.4, 0.5) is 0 Å². The molecule has 1 amide bonds. The minimum Gasteiger partial charge on any atom is -0.356 e. The van der Waals surface area contributed by atoms with E-state index in [0.717, 1.165) is 12.0 Å². The Morgan fingerprint density at radius 3 is 2.60 bits per heavy atom. The second-order valence-corrected chi connectivity index (χ2v) is 3.39. The van der Waals surface area contributed by atoms with Crippen molar-refractivity contribution in [3.8, 4) is 0 Å². The number of hydrogen-bond donors (Lipinski definition) is 1. The summed E-state index contributed by atoms with van der Waals surface area (Å²) in [4.78, 5) is 11.3. The van der Waals surface area contributed by atoms with Crippen LogP contribution in [-0.2, 0) is 16.3 Å². The Morgan fingerprint density at radius 1 is 1.20 bits per heavy atom. The lowest BCUT2D eigenvalue weighted by atomic mass is 10.1. The van der Waals surface area contributed by atoms with E-state index in [1.807, 2.05) is 30.3 Å². The van der Waals surface area contributed by atoms with Gasteiger partial charge in [-0.15, -0.1) is 0 Å². The highest BCUT2D eigenvalue weighted by Crippen LogP contribution is 2.01. The summed E-state index contributed by atoms with van der Waals surface area (Å²) in [6, 6.07) is 9.89. The first-order valence-electron chi connectivity index (χ1n) is 5.21. The van der Waals surface area contributed by atoms with Gasteiger partial charge in [-0.2, -0.15) is 0 Å². The maximum atomic E-state index is 11.3. The predicted molar refractivity (Wildman–Crippen MR) is 57.9 cm³/mol. The van der Waals surface area contributed by atoms with Crippen molar-refractivity contribution in [2.75, 3.05) is 13.2 Å². The fraction of sp³-hybridized carbons (Fsp3) is 0.417. The van der Waals surface area contributed by atoms with E-state index in [-0.39, 0.29) is 12.5 Å². The van der Waals surface area contributed by atoms with Crippen LogP contribution in [0.1, 0.15) is 18.4 Å². The molecular weight excluding hydrogens is 190 g/mol. The molecule has 15 heavy (non-hydrogen) atoms. The van der Waals surface area contributed by atoms with Gasteiger partial charge in [0.15, 0.2) is 0 Å². The summed E-state index contributed by atoms with van der Waals surface area (Å²) in [6.07, 6.45) is 1.75. The first-order valence-corrected chi connectivity index (χ1v) is 5.21. The zero-order chi connectivity index (χ0) is 10.9. The van der Waals surface area contributed by atoms with Crippen LogP contribution < -0.4 is 5.32 Å². The van der Waals surface area contributed by atoms with Crippen molar-refractivity contribution in [3.05, 3.63) is 35.9 Å². The zero-order valence-electron chi connectivity index (χ0n) is 8.74. The van der Waals surface area contributed by atoms with Gasteiger partial charge in [-0.3, -0.25) is 4.79 Å². The predicted octanol–water partition coefficient (Wildman–Crippen LogP) is 1.56. The van der Waals surface area contributed by atoms with Crippen LogP contribution in [0.15, 0.2) is 30.3 Å². The molecule has 1 aromatic carbocycles. The molecule has 3 nitrogen and oxygen atoms in total. The molecule has 0 aliphatic carbocycles. The Balaban J connectivity index is 2.17. The standard InChI is InChI=1S/C12H16NO2/c14-10-4-9-13-12(15)8-7-11-5-2-1-3-6-11/h1-3,5-6H,4,7-10H2,(H,13,15). The number of aryl methyl sites for hydroxylation is 1. The lowest BCUT2D eigenvalue weighted by Gasteiger charge is -2.03. The summed E-state index contributed by atoms with van der Waals surface area (Å²) in [5, 5.41) is 12.9. The second-order valence-electron chi connectivity index (χ2n) is 3.39. The van der Waals surface area contributed by atoms with Crippen molar-refractivity contribution in [1.29, 1.82) is 0 Å². The largest absolute Gasteiger partial charge is 0.356 e. The molecule has 1 radical (unpaired) electrons. The molecule has 0 atom stereocenters. The number of rotatable bonds is 6. The minimum atomic E-state index is -0.126. The van der Waals surface area contributed by atoms with E-state index in [2.05, 4.69) is 5.32 Å². The smallest absolute Gasteiger partial charge is 0.220 e. The molecular formula is C12H16NO2. The lowest BCUT2D eigenvalue weighted by Crippen LogP contribution is -2.25. The molecule has 1 N–H and O–H groups in total. The molecule has 0 aliphatic heterocycles. The van der Waals surface area contributed by atoms with Crippen LogP contribution in [-0.4, -0.2) is 19.1 Å². The average Bonchev–Trinajstić information content (AvgIpc) is 2.28. The van der Waals surface area contributed by atoms with Gasteiger partial charge in [-0.05, 0) is 18.4 Å². The van der Waals surface area contributed by atoms with Crippen LogP contribution >= 0.6 is 0 Å². The van der Waals surface area contributed by atoms with E-state index < -0.39 is 0 Å². The summed E-state index contributed by atoms with van der Waals surface area (Å²) in [5.41, 5.74) is 1.16. The van der Waals surface area contributed by atoms with E-state index in [0.29, 0.717) is 19.4 Å². The Labute approximate surface area is 90.1 Å². The molecule has 81 valence electrons. The summed E-state index contributed by atoms with van der Waals surface area (Å²) in [5.74, 6) is 0.0207. The molecule has 0 saturated carbocycles. The van der Waals surface area contributed by atoms with Gasteiger partial charge in [0, 0.05) is 13.0 Å². The summed E-state index contributed by atoms with van der Waals surface area (Å²) in [7, 11) is 0. The SMILES string of the molecule is [O]CCCNC(=O)CCc1ccccc1. The zero-order valence-corrected chi connectivity index (χ0v) is 8.74. The quantitative estimate of drug-likeness (QED) is 0.705. The normalized spacial score (nSPS) is 9.93. The Kier molecular flexibility index (Phi) is 5.48. The van der Waals surface area contributed by atoms with E-state index >= 15 is 0 Å². The van der Waals surface area contributed by atoms with E-state index in [9.17, 15) is 9.90 Å². The molecule has 0 unspecified atom stereocenters. The van der Waals surface area contributed by atoms with Gasteiger partial charge in [0.1, 0.15) is 0 Å². The van der Waals surface area contributed by atoms with E-state index in [4.69, 9.17) is 0 Å². The third-order valence-electron chi connectivity index (χ3n) is 2.13. The number of hydrogen-bond acceptors (Lipinski definition) is 1. The molecule has 0 bridgehead atoms. The highest BCUT2D eigenvalue weighted by Gasteiger charge is 2.00. The lowest BCUT2D eigenvalue weighted by molar-refractivity contribution is -0.121. The first-order chi connectivity index (χ1) is 7.33. The van der Waals surface area contributed by atoms with Gasteiger partial charge >= 0.3 is 0 Å². The van der Waals surface area contributed by atoms with Crippen LogP contribution in [0.25, 0.3) is 0 Å². The number of carbonyl (C=O) groups is 1. The number of nitrogens with one attached hydrogen (secondary N) is 1. The molecule has 0 saturated heterocycles. The summed E-state index contributed by atoms with van der Waals surface area (Å²) < 4.78 is 0. The highest BCUT2D eigenvalue weighted by molar-refractivity contribution is 5.76.